The largest absolute Gasteiger partial charge is 0.355 e. The van der Waals surface area contributed by atoms with Gasteiger partial charge in [0, 0.05) is 12.6 Å². The Morgan fingerprint density at radius 2 is 1.86 bits per heavy atom. The summed E-state index contributed by atoms with van der Waals surface area (Å²) in [4.78, 5) is 11.2. The lowest BCUT2D eigenvalue weighted by atomic mass is 9.83. The highest BCUT2D eigenvalue weighted by Gasteiger charge is 2.29. The third kappa shape index (κ3) is 2.71. The van der Waals surface area contributed by atoms with Crippen molar-refractivity contribution in [1.29, 1.82) is 0 Å². The van der Waals surface area contributed by atoms with Crippen LogP contribution in [0.4, 0.5) is 0 Å². The molecule has 2 atom stereocenters. The molecule has 0 aliphatic carbocycles. The topological polar surface area (TPSA) is 41.1 Å². The van der Waals surface area contributed by atoms with E-state index in [9.17, 15) is 4.79 Å². The molecule has 2 unspecified atom stereocenters. The molecule has 0 spiro atoms. The first-order valence-electron chi connectivity index (χ1n) is 5.52. The number of carbonyl (C=O) groups is 1. The average molecular weight is 198 g/mol. The van der Waals surface area contributed by atoms with Crippen LogP contribution in [-0.2, 0) is 4.79 Å². The summed E-state index contributed by atoms with van der Waals surface area (Å²) in [5.41, 5.74) is 0. The predicted octanol–water partition coefficient (Wildman–Crippen LogP) is 1.00. The minimum Gasteiger partial charge on any atom is -0.355 e. The molecule has 1 fully saturated rings. The van der Waals surface area contributed by atoms with E-state index in [1.54, 1.807) is 0 Å². The number of hydrogen-bond acceptors (Lipinski definition) is 2. The number of amides is 1. The predicted molar refractivity (Wildman–Crippen MR) is 58.0 cm³/mol. The van der Waals surface area contributed by atoms with Crippen LogP contribution in [0, 0.1) is 17.8 Å². The van der Waals surface area contributed by atoms with Crippen LogP contribution >= 0.6 is 0 Å². The molecule has 1 rings (SSSR count). The highest BCUT2D eigenvalue weighted by Crippen LogP contribution is 2.21. The van der Waals surface area contributed by atoms with Crippen LogP contribution in [0.1, 0.15) is 27.7 Å². The van der Waals surface area contributed by atoms with Crippen molar-refractivity contribution in [2.45, 2.75) is 33.7 Å². The summed E-state index contributed by atoms with van der Waals surface area (Å²) in [6, 6.07) is 0.453. The van der Waals surface area contributed by atoms with E-state index in [4.69, 9.17) is 0 Å². The Morgan fingerprint density at radius 1 is 1.21 bits per heavy atom. The number of nitrogens with one attached hydrogen (secondary N) is 2. The summed E-state index contributed by atoms with van der Waals surface area (Å²) in [5, 5.41) is 6.31. The van der Waals surface area contributed by atoms with Crippen LogP contribution in [-0.4, -0.2) is 25.0 Å². The molecular weight excluding hydrogens is 176 g/mol. The van der Waals surface area contributed by atoms with Crippen LogP contribution in [0.5, 0.6) is 0 Å². The lowest BCUT2D eigenvalue weighted by Gasteiger charge is -2.31. The summed E-state index contributed by atoms with van der Waals surface area (Å²) in [6.07, 6.45) is 0. The molecule has 1 heterocycles. The second-order valence-corrected chi connectivity index (χ2v) is 4.86. The zero-order valence-corrected chi connectivity index (χ0v) is 9.63. The van der Waals surface area contributed by atoms with Crippen LogP contribution in [0.25, 0.3) is 0 Å². The van der Waals surface area contributed by atoms with E-state index in [0.29, 0.717) is 30.3 Å². The minimum absolute atomic E-state index is 0.124. The smallest absolute Gasteiger partial charge is 0.233 e. The Labute approximate surface area is 86.6 Å². The number of carbonyl (C=O) groups excluding carboxylic acids is 1. The summed E-state index contributed by atoms with van der Waals surface area (Å²) >= 11 is 0. The van der Waals surface area contributed by atoms with E-state index in [2.05, 4.69) is 38.3 Å². The molecule has 0 radical (unpaired) electrons. The van der Waals surface area contributed by atoms with Gasteiger partial charge in [-0.25, -0.2) is 0 Å². The highest BCUT2D eigenvalue weighted by atomic mass is 16.1. The fourth-order valence-electron chi connectivity index (χ4n) is 2.16. The summed E-state index contributed by atoms with van der Waals surface area (Å²) < 4.78 is 0. The zero-order chi connectivity index (χ0) is 10.7. The van der Waals surface area contributed by atoms with Crippen molar-refractivity contribution < 1.29 is 4.79 Å². The van der Waals surface area contributed by atoms with Gasteiger partial charge < -0.3 is 10.6 Å². The molecule has 1 aliphatic rings. The second kappa shape index (κ2) is 4.78. The summed E-state index contributed by atoms with van der Waals surface area (Å²) in [7, 11) is 0. The molecule has 2 N–H and O–H groups in total. The van der Waals surface area contributed by atoms with E-state index in [1.165, 1.54) is 0 Å². The molecule has 0 aromatic carbocycles. The Hall–Kier alpha value is -0.570. The van der Waals surface area contributed by atoms with Gasteiger partial charge in [-0.05, 0) is 17.8 Å². The van der Waals surface area contributed by atoms with Crippen molar-refractivity contribution in [2.24, 2.45) is 17.8 Å². The van der Waals surface area contributed by atoms with Crippen LogP contribution < -0.4 is 10.6 Å². The maximum absolute atomic E-state index is 11.2. The van der Waals surface area contributed by atoms with Crippen LogP contribution in [0.2, 0.25) is 0 Å². The van der Waals surface area contributed by atoms with Gasteiger partial charge in [-0.15, -0.1) is 0 Å². The quantitative estimate of drug-likeness (QED) is 0.695. The normalized spacial score (nSPS) is 29.1. The third-order valence-electron chi connectivity index (χ3n) is 3.07. The molecule has 3 nitrogen and oxygen atoms in total. The Kier molecular flexibility index (Phi) is 3.93. The van der Waals surface area contributed by atoms with Crippen molar-refractivity contribution in [3.8, 4) is 0 Å². The zero-order valence-electron chi connectivity index (χ0n) is 9.63. The van der Waals surface area contributed by atoms with E-state index in [1.807, 2.05) is 0 Å². The molecular formula is C11H22N2O. The lowest BCUT2D eigenvalue weighted by Crippen LogP contribution is -2.43. The van der Waals surface area contributed by atoms with Gasteiger partial charge in [0.05, 0.1) is 6.54 Å². The van der Waals surface area contributed by atoms with Crippen LogP contribution in [0.3, 0.4) is 0 Å². The SMILES string of the molecule is CC(C)C1CNC(=O)CNC1C(C)C. The summed E-state index contributed by atoms with van der Waals surface area (Å²) in [5.74, 6) is 1.85. The van der Waals surface area contributed by atoms with Gasteiger partial charge in [-0.3, -0.25) is 4.79 Å². The van der Waals surface area contributed by atoms with E-state index < -0.39 is 0 Å². The fraction of sp³-hybridized carbons (Fsp3) is 0.909. The van der Waals surface area contributed by atoms with Crippen molar-refractivity contribution in [3.63, 3.8) is 0 Å². The molecule has 3 heteroatoms. The number of hydrogen-bond donors (Lipinski definition) is 2. The molecule has 0 aromatic rings. The van der Waals surface area contributed by atoms with Crippen molar-refractivity contribution in [3.05, 3.63) is 0 Å². The second-order valence-electron chi connectivity index (χ2n) is 4.86. The standard InChI is InChI=1S/C11H22N2O/c1-7(2)9-5-12-10(14)6-13-11(9)8(3)4/h7-9,11,13H,5-6H2,1-4H3,(H,12,14). The fourth-order valence-corrected chi connectivity index (χ4v) is 2.16. The maximum Gasteiger partial charge on any atom is 0.233 e. The molecule has 1 aliphatic heterocycles. The van der Waals surface area contributed by atoms with Crippen molar-refractivity contribution in [2.75, 3.05) is 13.1 Å². The third-order valence-corrected chi connectivity index (χ3v) is 3.07. The Morgan fingerprint density at radius 3 is 2.36 bits per heavy atom. The first kappa shape index (κ1) is 11.5. The number of rotatable bonds is 2. The van der Waals surface area contributed by atoms with E-state index >= 15 is 0 Å². The molecule has 0 bridgehead atoms. The lowest BCUT2D eigenvalue weighted by molar-refractivity contribution is -0.119. The Balaban J connectivity index is 2.70. The molecule has 0 saturated carbocycles. The molecule has 1 saturated heterocycles. The van der Waals surface area contributed by atoms with Gasteiger partial charge in [0.2, 0.25) is 5.91 Å². The highest BCUT2D eigenvalue weighted by molar-refractivity contribution is 5.78. The molecule has 14 heavy (non-hydrogen) atoms. The first-order chi connectivity index (χ1) is 6.52. The maximum atomic E-state index is 11.2. The van der Waals surface area contributed by atoms with Gasteiger partial charge in [0.1, 0.15) is 0 Å². The van der Waals surface area contributed by atoms with Gasteiger partial charge in [0.25, 0.3) is 0 Å². The molecule has 82 valence electrons. The van der Waals surface area contributed by atoms with Gasteiger partial charge in [-0.1, -0.05) is 27.7 Å². The van der Waals surface area contributed by atoms with Crippen molar-refractivity contribution >= 4 is 5.91 Å². The Bertz CT molecular complexity index is 181. The molecule has 0 aromatic heterocycles. The van der Waals surface area contributed by atoms with Crippen molar-refractivity contribution in [1.82, 2.24) is 10.6 Å². The van der Waals surface area contributed by atoms with Crippen LogP contribution in [0.15, 0.2) is 0 Å². The average Bonchev–Trinajstić information content (AvgIpc) is 2.26. The summed E-state index contributed by atoms with van der Waals surface area (Å²) in [6.45, 7) is 10.1. The minimum atomic E-state index is 0.124. The van der Waals surface area contributed by atoms with Gasteiger partial charge >= 0.3 is 0 Å². The molecule has 1 amide bonds. The first-order valence-corrected chi connectivity index (χ1v) is 5.52. The van der Waals surface area contributed by atoms with Gasteiger partial charge in [0.15, 0.2) is 0 Å². The van der Waals surface area contributed by atoms with E-state index in [0.717, 1.165) is 6.54 Å². The monoisotopic (exact) mass is 198 g/mol. The van der Waals surface area contributed by atoms with E-state index in [-0.39, 0.29) is 5.91 Å². The van der Waals surface area contributed by atoms with Gasteiger partial charge in [-0.2, -0.15) is 0 Å².